The lowest BCUT2D eigenvalue weighted by Crippen LogP contribution is -2.07. The summed E-state index contributed by atoms with van der Waals surface area (Å²) in [4.78, 5) is 23.3. The van der Waals surface area contributed by atoms with E-state index in [0.29, 0.717) is 37.5 Å². The van der Waals surface area contributed by atoms with E-state index in [2.05, 4.69) is 6.92 Å². The Kier molecular flexibility index (Phi) is 14.4. The highest BCUT2D eigenvalue weighted by Gasteiger charge is 2.05. The number of hydrogen-bond donors (Lipinski definition) is 0. The minimum absolute atomic E-state index is 0.0735. The predicted molar refractivity (Wildman–Crippen MR) is 114 cm³/mol. The van der Waals surface area contributed by atoms with Crippen LogP contribution in [0.2, 0.25) is 5.02 Å². The zero-order valence-electron chi connectivity index (χ0n) is 17.2. The molecular weight excluding hydrogens is 376 g/mol. The molecule has 0 aliphatic heterocycles. The largest absolute Gasteiger partial charge is 0.466 e. The second-order valence-electron chi connectivity index (χ2n) is 7.11. The van der Waals surface area contributed by atoms with E-state index in [1.165, 1.54) is 0 Å². The van der Waals surface area contributed by atoms with Crippen molar-refractivity contribution in [3.05, 3.63) is 34.9 Å². The van der Waals surface area contributed by atoms with Crippen LogP contribution in [-0.4, -0.2) is 25.2 Å². The number of unbranched alkanes of at least 4 members (excludes halogenated alkanes) is 7. The summed E-state index contributed by atoms with van der Waals surface area (Å²) in [6.45, 7) is 3.06. The lowest BCUT2D eigenvalue weighted by Gasteiger charge is -2.06. The fourth-order valence-electron chi connectivity index (χ4n) is 2.90. The zero-order valence-corrected chi connectivity index (χ0v) is 18.0. The van der Waals surface area contributed by atoms with Gasteiger partial charge in [-0.25, -0.2) is 0 Å². The number of esters is 2. The van der Waals surface area contributed by atoms with Crippen LogP contribution in [0.5, 0.6) is 0 Å². The average Bonchev–Trinajstić information content (AvgIpc) is 2.69. The van der Waals surface area contributed by atoms with Gasteiger partial charge in [-0.1, -0.05) is 75.2 Å². The lowest BCUT2D eigenvalue weighted by molar-refractivity contribution is -0.144. The molecule has 1 rings (SSSR count). The van der Waals surface area contributed by atoms with E-state index in [-0.39, 0.29) is 11.9 Å². The van der Waals surface area contributed by atoms with E-state index >= 15 is 0 Å². The van der Waals surface area contributed by atoms with E-state index in [4.69, 9.17) is 21.1 Å². The van der Waals surface area contributed by atoms with E-state index in [0.717, 1.165) is 63.4 Å². The number of halogens is 1. The van der Waals surface area contributed by atoms with E-state index in [1.807, 2.05) is 24.3 Å². The maximum absolute atomic E-state index is 11.7. The minimum atomic E-state index is -0.141. The van der Waals surface area contributed by atoms with Gasteiger partial charge in [-0.05, 0) is 30.9 Å². The van der Waals surface area contributed by atoms with E-state index in [9.17, 15) is 9.59 Å². The molecular formula is C23H35ClO4. The van der Waals surface area contributed by atoms with Gasteiger partial charge < -0.3 is 9.47 Å². The van der Waals surface area contributed by atoms with Gasteiger partial charge in [-0.3, -0.25) is 9.59 Å². The Morgan fingerprint density at radius 3 is 1.96 bits per heavy atom. The molecule has 28 heavy (non-hydrogen) atoms. The van der Waals surface area contributed by atoms with Crippen molar-refractivity contribution in [3.8, 4) is 0 Å². The third kappa shape index (κ3) is 12.8. The van der Waals surface area contributed by atoms with Crippen molar-refractivity contribution in [2.24, 2.45) is 0 Å². The van der Waals surface area contributed by atoms with Gasteiger partial charge in [0, 0.05) is 24.3 Å². The molecule has 0 fully saturated rings. The van der Waals surface area contributed by atoms with Crippen molar-refractivity contribution in [2.45, 2.75) is 84.0 Å². The monoisotopic (exact) mass is 410 g/mol. The molecule has 1 aromatic rings. The minimum Gasteiger partial charge on any atom is -0.466 e. The summed E-state index contributed by atoms with van der Waals surface area (Å²) in [5.41, 5.74) is 1.00. The highest BCUT2D eigenvalue weighted by Crippen LogP contribution is 2.15. The Hall–Kier alpha value is -1.55. The van der Waals surface area contributed by atoms with Crippen molar-refractivity contribution in [1.82, 2.24) is 0 Å². The van der Waals surface area contributed by atoms with Crippen LogP contribution in [0.4, 0.5) is 0 Å². The van der Waals surface area contributed by atoms with Crippen LogP contribution in [0.1, 0.15) is 83.1 Å². The molecule has 1 aromatic carbocycles. The van der Waals surface area contributed by atoms with Crippen molar-refractivity contribution in [1.29, 1.82) is 0 Å². The Labute approximate surface area is 174 Å². The molecule has 0 heterocycles. The highest BCUT2D eigenvalue weighted by molar-refractivity contribution is 6.31. The molecule has 0 unspecified atom stereocenters. The molecule has 158 valence electrons. The van der Waals surface area contributed by atoms with Gasteiger partial charge in [-0.2, -0.15) is 0 Å². The molecule has 0 aliphatic carbocycles. The first-order chi connectivity index (χ1) is 13.6. The summed E-state index contributed by atoms with van der Waals surface area (Å²) >= 11 is 6.08. The van der Waals surface area contributed by atoms with Gasteiger partial charge in [0.2, 0.25) is 0 Å². The van der Waals surface area contributed by atoms with Crippen LogP contribution in [0.15, 0.2) is 24.3 Å². The number of hydrogen-bond acceptors (Lipinski definition) is 4. The van der Waals surface area contributed by atoms with Crippen LogP contribution in [-0.2, 0) is 25.5 Å². The molecule has 0 atom stereocenters. The number of carbonyl (C=O) groups excluding carboxylic acids is 2. The fraction of sp³-hybridized carbons (Fsp3) is 0.652. The van der Waals surface area contributed by atoms with Crippen molar-refractivity contribution in [3.63, 3.8) is 0 Å². The third-order valence-corrected chi connectivity index (χ3v) is 4.98. The van der Waals surface area contributed by atoms with Crippen LogP contribution in [0, 0.1) is 0 Å². The maximum Gasteiger partial charge on any atom is 0.305 e. The van der Waals surface area contributed by atoms with Crippen molar-refractivity contribution in [2.75, 3.05) is 13.2 Å². The molecule has 0 saturated heterocycles. The SMILES string of the molecule is CCCCCOC(=O)CCCCCCCCC(=O)OCCc1ccccc1Cl. The third-order valence-electron chi connectivity index (χ3n) is 4.62. The maximum atomic E-state index is 11.7. The second-order valence-corrected chi connectivity index (χ2v) is 7.52. The first-order valence-electron chi connectivity index (χ1n) is 10.7. The van der Waals surface area contributed by atoms with Crippen molar-refractivity contribution < 1.29 is 19.1 Å². The second kappa shape index (κ2) is 16.4. The van der Waals surface area contributed by atoms with Gasteiger partial charge in [0.25, 0.3) is 0 Å². The van der Waals surface area contributed by atoms with Crippen LogP contribution >= 0.6 is 11.6 Å². The molecule has 0 N–H and O–H groups in total. The summed E-state index contributed by atoms with van der Waals surface area (Å²) in [5, 5.41) is 0.711. The normalized spacial score (nSPS) is 10.6. The Morgan fingerprint density at radius 1 is 0.786 bits per heavy atom. The first-order valence-corrected chi connectivity index (χ1v) is 11.1. The molecule has 0 radical (unpaired) electrons. The Morgan fingerprint density at radius 2 is 1.36 bits per heavy atom. The zero-order chi connectivity index (χ0) is 20.5. The molecule has 0 bridgehead atoms. The highest BCUT2D eigenvalue weighted by atomic mass is 35.5. The number of benzene rings is 1. The van der Waals surface area contributed by atoms with Crippen molar-refractivity contribution >= 4 is 23.5 Å². The summed E-state index contributed by atoms with van der Waals surface area (Å²) < 4.78 is 10.5. The predicted octanol–water partition coefficient (Wildman–Crippen LogP) is 6.28. The van der Waals surface area contributed by atoms with Gasteiger partial charge in [-0.15, -0.1) is 0 Å². The summed E-state index contributed by atoms with van der Waals surface area (Å²) in [5.74, 6) is -0.214. The smallest absolute Gasteiger partial charge is 0.305 e. The summed E-state index contributed by atoms with van der Waals surface area (Å²) in [7, 11) is 0. The molecule has 0 aromatic heterocycles. The molecule has 0 spiro atoms. The summed E-state index contributed by atoms with van der Waals surface area (Å²) in [6.07, 6.45) is 10.8. The molecule has 5 heteroatoms. The standard InChI is InChI=1S/C23H35ClO4/c1-2-3-12-18-27-22(25)15-8-6-4-5-7-9-16-23(26)28-19-17-20-13-10-11-14-21(20)24/h10-11,13-14H,2-9,12,15-19H2,1H3. The van der Waals surface area contributed by atoms with Gasteiger partial charge in [0.1, 0.15) is 0 Å². The van der Waals surface area contributed by atoms with E-state index < -0.39 is 0 Å². The molecule has 0 amide bonds. The van der Waals surface area contributed by atoms with Gasteiger partial charge in [0.15, 0.2) is 0 Å². The van der Waals surface area contributed by atoms with Gasteiger partial charge in [0.05, 0.1) is 13.2 Å². The number of carbonyl (C=O) groups is 2. The first kappa shape index (κ1) is 24.5. The van der Waals surface area contributed by atoms with Crippen LogP contribution < -0.4 is 0 Å². The molecule has 0 saturated carbocycles. The fourth-order valence-corrected chi connectivity index (χ4v) is 3.13. The summed E-state index contributed by atoms with van der Waals surface area (Å²) in [6, 6.07) is 7.61. The Balaban J connectivity index is 1.89. The lowest BCUT2D eigenvalue weighted by atomic mass is 10.1. The molecule has 0 aliphatic rings. The number of ether oxygens (including phenoxy) is 2. The topological polar surface area (TPSA) is 52.6 Å². The quantitative estimate of drug-likeness (QED) is 0.237. The van der Waals surface area contributed by atoms with Crippen LogP contribution in [0.25, 0.3) is 0 Å². The molecule has 4 nitrogen and oxygen atoms in total. The van der Waals surface area contributed by atoms with Crippen LogP contribution in [0.3, 0.4) is 0 Å². The Bertz CT molecular complexity index is 559. The number of rotatable bonds is 16. The van der Waals surface area contributed by atoms with Gasteiger partial charge >= 0.3 is 11.9 Å². The van der Waals surface area contributed by atoms with E-state index in [1.54, 1.807) is 0 Å². The average molecular weight is 411 g/mol.